The molecule has 1 saturated heterocycles. The van der Waals surface area contributed by atoms with Crippen LogP contribution in [-0.4, -0.2) is 47.9 Å². The lowest BCUT2D eigenvalue weighted by molar-refractivity contribution is -0.148. The summed E-state index contributed by atoms with van der Waals surface area (Å²) in [5, 5.41) is 3.47. The van der Waals surface area contributed by atoms with Crippen LogP contribution in [0.4, 0.5) is 0 Å². The highest BCUT2D eigenvalue weighted by Crippen LogP contribution is 2.19. The van der Waals surface area contributed by atoms with Gasteiger partial charge in [0.25, 0.3) is 0 Å². The van der Waals surface area contributed by atoms with E-state index in [0.717, 1.165) is 11.8 Å². The second kappa shape index (κ2) is 7.10. The summed E-state index contributed by atoms with van der Waals surface area (Å²) < 4.78 is 4.69. The Bertz CT molecular complexity index is 340. The van der Waals surface area contributed by atoms with Crippen molar-refractivity contribution in [1.82, 2.24) is 4.90 Å². The normalized spacial score (nSPS) is 17.6. The molecule has 0 atom stereocenters. The lowest BCUT2D eigenvalue weighted by Crippen LogP contribution is -2.41. The van der Waals surface area contributed by atoms with Crippen LogP contribution >= 0.6 is 11.8 Å². The molecule has 102 valence electrons. The van der Waals surface area contributed by atoms with Gasteiger partial charge in [-0.25, -0.2) is 0 Å². The van der Waals surface area contributed by atoms with E-state index in [4.69, 9.17) is 11.6 Å². The van der Waals surface area contributed by atoms with E-state index < -0.39 is 0 Å². The lowest BCUT2D eigenvalue weighted by atomic mass is 9.97. The van der Waals surface area contributed by atoms with Gasteiger partial charge in [0.15, 0.2) is 5.17 Å². The predicted octanol–water partition coefficient (Wildman–Crippen LogP) is -0.680. The third-order valence-electron chi connectivity index (χ3n) is 2.85. The molecule has 0 saturated carbocycles. The summed E-state index contributed by atoms with van der Waals surface area (Å²) in [6, 6.07) is 0. The van der Waals surface area contributed by atoms with E-state index in [-0.39, 0.29) is 28.7 Å². The average molecular weight is 274 g/mol. The monoisotopic (exact) mass is 274 g/mol. The molecule has 0 aromatic heterocycles. The smallest absolute Gasteiger partial charge is 0.308 e. The Hall–Kier alpha value is -1.44. The molecule has 0 aromatic carbocycles. The highest BCUT2D eigenvalue weighted by atomic mass is 32.2. The van der Waals surface area contributed by atoms with Crippen molar-refractivity contribution in [2.24, 2.45) is 22.6 Å². The van der Waals surface area contributed by atoms with Crippen LogP contribution in [0.5, 0.6) is 0 Å². The number of nitrogens with two attached hydrogens (primary N) is 2. The number of piperidine rings is 1. The molecule has 1 amide bonds. The van der Waals surface area contributed by atoms with E-state index in [2.05, 4.69) is 9.84 Å². The van der Waals surface area contributed by atoms with Crippen LogP contribution in [0.25, 0.3) is 0 Å². The number of esters is 1. The molecule has 1 heterocycles. The van der Waals surface area contributed by atoms with Crippen molar-refractivity contribution in [2.75, 3.05) is 26.0 Å². The van der Waals surface area contributed by atoms with Crippen molar-refractivity contribution in [1.29, 1.82) is 0 Å². The van der Waals surface area contributed by atoms with Gasteiger partial charge in [-0.05, 0) is 12.8 Å². The molecular formula is C10H18N4O3S. The number of nitrogens with zero attached hydrogens (tertiary/aromatic N) is 2. The van der Waals surface area contributed by atoms with Crippen molar-refractivity contribution in [3.63, 3.8) is 0 Å². The van der Waals surface area contributed by atoms with E-state index in [9.17, 15) is 9.59 Å². The van der Waals surface area contributed by atoms with Crippen molar-refractivity contribution in [3.8, 4) is 0 Å². The van der Waals surface area contributed by atoms with Gasteiger partial charge >= 0.3 is 5.97 Å². The molecule has 1 aliphatic rings. The largest absolute Gasteiger partial charge is 0.469 e. The Balaban J connectivity index is 2.34. The maximum absolute atomic E-state index is 11.8. The number of amides is 1. The number of rotatable bonds is 3. The molecule has 0 bridgehead atoms. The van der Waals surface area contributed by atoms with Gasteiger partial charge in [0.1, 0.15) is 0 Å². The Kier molecular flexibility index (Phi) is 5.76. The van der Waals surface area contributed by atoms with Gasteiger partial charge in [0.2, 0.25) is 5.91 Å². The first-order chi connectivity index (χ1) is 8.58. The fourth-order valence-electron chi connectivity index (χ4n) is 1.80. The number of methoxy groups -OCH3 is 1. The van der Waals surface area contributed by atoms with Gasteiger partial charge in [0, 0.05) is 13.1 Å². The summed E-state index contributed by atoms with van der Waals surface area (Å²) in [7, 11) is 1.38. The van der Waals surface area contributed by atoms with Gasteiger partial charge < -0.3 is 21.2 Å². The Morgan fingerprint density at radius 2 is 2.06 bits per heavy atom. The van der Waals surface area contributed by atoms with E-state index >= 15 is 0 Å². The van der Waals surface area contributed by atoms with Crippen LogP contribution in [0.2, 0.25) is 0 Å². The first-order valence-electron chi connectivity index (χ1n) is 5.60. The molecule has 0 aromatic rings. The van der Waals surface area contributed by atoms with Crippen LogP contribution in [0.3, 0.4) is 0 Å². The van der Waals surface area contributed by atoms with Gasteiger partial charge in [-0.2, -0.15) is 5.10 Å². The van der Waals surface area contributed by atoms with Gasteiger partial charge in [-0.1, -0.05) is 11.8 Å². The average Bonchev–Trinajstić information content (AvgIpc) is 2.43. The quantitative estimate of drug-likeness (QED) is 0.232. The second-order valence-electron chi connectivity index (χ2n) is 3.93. The number of hydrazone groups is 1. The fraction of sp³-hybridized carbons (Fsp3) is 0.700. The van der Waals surface area contributed by atoms with E-state index in [0.29, 0.717) is 25.9 Å². The highest BCUT2D eigenvalue weighted by Gasteiger charge is 2.27. The standard InChI is InChI=1S/C10H18N4O3S/c1-17-9(16)7-2-4-14(5-3-7)8(15)6-18-10(11)13-12/h7H,2-6,12H2,1H3,(H2,11,13). The summed E-state index contributed by atoms with van der Waals surface area (Å²) in [5.74, 6) is 4.88. The van der Waals surface area contributed by atoms with Crippen LogP contribution in [0.1, 0.15) is 12.8 Å². The molecule has 7 nitrogen and oxygen atoms in total. The number of thioether (sulfide) groups is 1. The summed E-state index contributed by atoms with van der Waals surface area (Å²) in [6.45, 7) is 1.14. The summed E-state index contributed by atoms with van der Waals surface area (Å²) in [6.07, 6.45) is 1.28. The summed E-state index contributed by atoms with van der Waals surface area (Å²) >= 11 is 1.11. The third kappa shape index (κ3) is 4.10. The second-order valence-corrected chi connectivity index (χ2v) is 4.93. The topological polar surface area (TPSA) is 111 Å². The number of carbonyl (C=O) groups excluding carboxylic acids is 2. The number of likely N-dealkylation sites (tertiary alicyclic amines) is 1. The van der Waals surface area contributed by atoms with Crippen molar-refractivity contribution >= 4 is 28.8 Å². The van der Waals surface area contributed by atoms with Gasteiger partial charge in [0.05, 0.1) is 18.8 Å². The molecular weight excluding hydrogens is 256 g/mol. The highest BCUT2D eigenvalue weighted by molar-refractivity contribution is 8.14. The first kappa shape index (κ1) is 14.6. The fourth-order valence-corrected chi connectivity index (χ4v) is 2.32. The maximum atomic E-state index is 11.8. The first-order valence-corrected chi connectivity index (χ1v) is 6.58. The number of hydrogen-bond donors (Lipinski definition) is 2. The lowest BCUT2D eigenvalue weighted by Gasteiger charge is -2.30. The SMILES string of the molecule is COC(=O)C1CCN(C(=O)CSC(N)=NN)CC1. The molecule has 0 aliphatic carbocycles. The molecule has 8 heteroatoms. The minimum absolute atomic E-state index is 0.0186. The zero-order valence-electron chi connectivity index (χ0n) is 10.3. The number of amidine groups is 1. The third-order valence-corrected chi connectivity index (χ3v) is 3.65. The zero-order chi connectivity index (χ0) is 13.5. The van der Waals surface area contributed by atoms with E-state index in [1.807, 2.05) is 0 Å². The minimum Gasteiger partial charge on any atom is -0.469 e. The van der Waals surface area contributed by atoms with Crippen LogP contribution in [0, 0.1) is 5.92 Å². The Labute approximate surface area is 110 Å². The molecule has 1 rings (SSSR count). The van der Waals surface area contributed by atoms with E-state index in [1.165, 1.54) is 7.11 Å². The van der Waals surface area contributed by atoms with E-state index in [1.54, 1.807) is 4.90 Å². The Morgan fingerprint density at radius 1 is 1.44 bits per heavy atom. The number of hydrogen-bond acceptors (Lipinski definition) is 6. The van der Waals surface area contributed by atoms with Gasteiger partial charge in [-0.15, -0.1) is 0 Å². The zero-order valence-corrected chi connectivity index (χ0v) is 11.1. The molecule has 18 heavy (non-hydrogen) atoms. The van der Waals surface area contributed by atoms with Crippen molar-refractivity contribution < 1.29 is 14.3 Å². The summed E-state index contributed by atoms with van der Waals surface area (Å²) in [5.41, 5.74) is 5.39. The molecule has 0 radical (unpaired) electrons. The Morgan fingerprint density at radius 3 is 2.56 bits per heavy atom. The van der Waals surface area contributed by atoms with Crippen LogP contribution < -0.4 is 11.6 Å². The minimum atomic E-state index is -0.198. The predicted molar refractivity (Wildman–Crippen MR) is 69.6 cm³/mol. The maximum Gasteiger partial charge on any atom is 0.308 e. The molecule has 1 fully saturated rings. The van der Waals surface area contributed by atoms with Gasteiger partial charge in [-0.3, -0.25) is 9.59 Å². The molecule has 0 spiro atoms. The van der Waals surface area contributed by atoms with Crippen molar-refractivity contribution in [2.45, 2.75) is 12.8 Å². The van der Waals surface area contributed by atoms with Crippen LogP contribution in [0.15, 0.2) is 5.10 Å². The number of carbonyl (C=O) groups is 2. The molecule has 1 aliphatic heterocycles. The number of ether oxygens (including phenoxy) is 1. The molecule has 4 N–H and O–H groups in total. The molecule has 0 unspecified atom stereocenters. The van der Waals surface area contributed by atoms with Crippen LogP contribution in [-0.2, 0) is 14.3 Å². The summed E-state index contributed by atoms with van der Waals surface area (Å²) in [4.78, 5) is 24.8. The van der Waals surface area contributed by atoms with Crippen molar-refractivity contribution in [3.05, 3.63) is 0 Å².